The van der Waals surface area contributed by atoms with Gasteiger partial charge in [-0.05, 0) is 162 Å². The third-order valence-corrected chi connectivity index (χ3v) is 15.5. The van der Waals surface area contributed by atoms with Crippen molar-refractivity contribution in [3.8, 4) is 66.8 Å². The largest absolute Gasteiger partial charge is 0.310 e. The lowest BCUT2D eigenvalue weighted by Crippen LogP contribution is -2.26. The van der Waals surface area contributed by atoms with E-state index in [1.165, 1.54) is 89.0 Å². The quantitative estimate of drug-likeness (QED) is 0.135. The number of benzene rings is 12. The van der Waals surface area contributed by atoms with Gasteiger partial charge in [-0.15, -0.1) is 0 Å². The highest BCUT2D eigenvalue weighted by Crippen LogP contribution is 2.64. The fourth-order valence-electron chi connectivity index (χ4n) is 12.0. The Balaban J connectivity index is 0.909. The Labute approximate surface area is 439 Å². The van der Waals surface area contributed by atoms with Crippen molar-refractivity contribution in [1.29, 1.82) is 0 Å². The summed E-state index contributed by atoms with van der Waals surface area (Å²) in [5, 5.41) is 0. The van der Waals surface area contributed by atoms with Crippen molar-refractivity contribution in [2.75, 3.05) is 9.80 Å². The van der Waals surface area contributed by atoms with E-state index in [0.29, 0.717) is 0 Å². The Kier molecular flexibility index (Phi) is 10.8. The van der Waals surface area contributed by atoms with E-state index < -0.39 is 5.41 Å². The molecule has 0 unspecified atom stereocenters. The summed E-state index contributed by atoms with van der Waals surface area (Å²) in [6.07, 6.45) is 0. The maximum absolute atomic E-state index is 2.44. The van der Waals surface area contributed by atoms with Crippen LogP contribution in [0.5, 0.6) is 0 Å². The van der Waals surface area contributed by atoms with Crippen LogP contribution in [0.1, 0.15) is 22.3 Å². The van der Waals surface area contributed by atoms with Crippen molar-refractivity contribution in [3.05, 3.63) is 326 Å². The number of hydrogen-bond donors (Lipinski definition) is 0. The first kappa shape index (κ1) is 44.0. The molecule has 2 heteroatoms. The smallest absolute Gasteiger partial charge is 0.0725 e. The van der Waals surface area contributed by atoms with Gasteiger partial charge in [-0.1, -0.05) is 231 Å². The third kappa shape index (κ3) is 7.49. The number of rotatable bonds is 10. The summed E-state index contributed by atoms with van der Waals surface area (Å²) in [7, 11) is 0. The summed E-state index contributed by atoms with van der Waals surface area (Å²) in [6, 6.07) is 111. The average Bonchev–Trinajstić information content (AvgIpc) is 4.09. The summed E-state index contributed by atoms with van der Waals surface area (Å²) in [4.78, 5) is 4.82. The molecule has 12 aromatic rings. The summed E-state index contributed by atoms with van der Waals surface area (Å²) < 4.78 is 0. The molecule has 2 nitrogen and oxygen atoms in total. The lowest BCUT2D eigenvalue weighted by atomic mass is 9.70. The maximum atomic E-state index is 2.44. The van der Waals surface area contributed by atoms with Gasteiger partial charge in [0.15, 0.2) is 0 Å². The molecule has 2 aliphatic rings. The highest BCUT2D eigenvalue weighted by Gasteiger charge is 2.52. The molecule has 0 fully saturated rings. The Bertz CT molecular complexity index is 3570. The van der Waals surface area contributed by atoms with Crippen molar-refractivity contribution in [2.45, 2.75) is 5.41 Å². The molecule has 352 valence electrons. The van der Waals surface area contributed by atoms with E-state index in [0.717, 1.165) is 34.1 Å². The molecule has 0 amide bonds. The van der Waals surface area contributed by atoms with Crippen molar-refractivity contribution >= 4 is 34.1 Å². The fourth-order valence-corrected chi connectivity index (χ4v) is 12.0. The van der Waals surface area contributed by atoms with Crippen LogP contribution in [0, 0.1) is 0 Å². The molecule has 0 saturated carbocycles. The molecule has 2 aliphatic carbocycles. The van der Waals surface area contributed by atoms with Crippen LogP contribution in [0.4, 0.5) is 34.1 Å². The minimum atomic E-state index is -0.520. The zero-order valence-corrected chi connectivity index (χ0v) is 41.3. The van der Waals surface area contributed by atoms with Crippen LogP contribution in [0.3, 0.4) is 0 Å². The minimum Gasteiger partial charge on any atom is -0.310 e. The first-order chi connectivity index (χ1) is 37.2. The molecule has 12 aromatic carbocycles. The van der Waals surface area contributed by atoms with Gasteiger partial charge >= 0.3 is 0 Å². The van der Waals surface area contributed by atoms with E-state index in [4.69, 9.17) is 0 Å². The number of fused-ring (bicyclic) bond motifs is 10. The van der Waals surface area contributed by atoms with Gasteiger partial charge < -0.3 is 9.80 Å². The van der Waals surface area contributed by atoms with Gasteiger partial charge in [-0.2, -0.15) is 0 Å². The topological polar surface area (TPSA) is 6.48 Å². The van der Waals surface area contributed by atoms with Gasteiger partial charge in [0.05, 0.1) is 5.41 Å². The van der Waals surface area contributed by atoms with E-state index >= 15 is 0 Å². The van der Waals surface area contributed by atoms with Gasteiger partial charge in [0.1, 0.15) is 0 Å². The van der Waals surface area contributed by atoms with E-state index in [1.54, 1.807) is 0 Å². The summed E-state index contributed by atoms with van der Waals surface area (Å²) >= 11 is 0. The summed E-state index contributed by atoms with van der Waals surface area (Å²) in [5.74, 6) is 0. The predicted octanol–water partition coefficient (Wildman–Crippen LogP) is 19.6. The summed E-state index contributed by atoms with van der Waals surface area (Å²) in [6.45, 7) is 0. The standard InChI is InChI=1S/C73H50N2/c1-5-17-51(18-6-1)55-29-37-59(38-30-55)74(60-39-31-56(32-40-60)52-19-7-2-8-20-52)63-45-47-71-67(49-63)65-25-13-15-27-69(65)73(71)70-28-16-14-26-66(70)68-50-64(46-48-72(68)73)75(61-41-33-57(34-42-61)53-21-9-3-10-22-53)62-43-35-58(36-44-62)54-23-11-4-12-24-54/h1-50H. The molecule has 0 heterocycles. The molecule has 0 saturated heterocycles. The lowest BCUT2D eigenvalue weighted by Gasteiger charge is -2.32. The molecule has 0 aliphatic heterocycles. The van der Waals surface area contributed by atoms with Crippen molar-refractivity contribution in [1.82, 2.24) is 0 Å². The van der Waals surface area contributed by atoms with Gasteiger partial charge in [-0.3, -0.25) is 0 Å². The molecule has 1 spiro atoms. The van der Waals surface area contributed by atoms with Crippen molar-refractivity contribution in [3.63, 3.8) is 0 Å². The lowest BCUT2D eigenvalue weighted by molar-refractivity contribution is 0.793. The first-order valence-electron chi connectivity index (χ1n) is 25.9. The molecule has 0 aromatic heterocycles. The second-order valence-corrected chi connectivity index (χ2v) is 19.6. The zero-order chi connectivity index (χ0) is 49.7. The van der Waals surface area contributed by atoms with Crippen LogP contribution < -0.4 is 9.80 Å². The average molecular weight is 955 g/mol. The second-order valence-electron chi connectivity index (χ2n) is 19.6. The highest BCUT2D eigenvalue weighted by molar-refractivity contribution is 5.98. The van der Waals surface area contributed by atoms with Gasteiger partial charge in [0.25, 0.3) is 0 Å². The van der Waals surface area contributed by atoms with Gasteiger partial charge in [-0.25, -0.2) is 0 Å². The molecular weight excluding hydrogens is 905 g/mol. The van der Waals surface area contributed by atoms with Crippen molar-refractivity contribution < 1.29 is 0 Å². The Morgan fingerprint density at radius 1 is 0.173 bits per heavy atom. The molecular formula is C73H50N2. The maximum Gasteiger partial charge on any atom is 0.0725 e. The number of nitrogens with zero attached hydrogens (tertiary/aromatic N) is 2. The highest BCUT2D eigenvalue weighted by atomic mass is 15.1. The summed E-state index contributed by atoms with van der Waals surface area (Å²) in [5.41, 5.74) is 25.9. The van der Waals surface area contributed by atoms with E-state index in [9.17, 15) is 0 Å². The molecule has 0 atom stereocenters. The SMILES string of the molecule is c1ccc(-c2ccc(N(c3ccc(-c4ccccc4)cc3)c3ccc4c(c3)-c3ccccc3C43c4ccccc4-c4cc(N(c5ccc(-c6ccccc6)cc5)c5ccc(-c6ccccc6)cc5)ccc43)cc2)cc1. The van der Waals surface area contributed by atoms with Crippen LogP contribution in [0.2, 0.25) is 0 Å². The van der Waals surface area contributed by atoms with Crippen LogP contribution in [-0.4, -0.2) is 0 Å². The molecule has 0 N–H and O–H groups in total. The van der Waals surface area contributed by atoms with E-state index in [2.05, 4.69) is 313 Å². The Morgan fingerprint density at radius 3 is 0.693 bits per heavy atom. The van der Waals surface area contributed by atoms with Gasteiger partial charge in [0.2, 0.25) is 0 Å². The van der Waals surface area contributed by atoms with Crippen LogP contribution in [-0.2, 0) is 5.41 Å². The minimum absolute atomic E-state index is 0.520. The first-order valence-corrected chi connectivity index (χ1v) is 25.9. The van der Waals surface area contributed by atoms with Gasteiger partial charge in [0, 0.05) is 34.1 Å². The van der Waals surface area contributed by atoms with Crippen LogP contribution >= 0.6 is 0 Å². The van der Waals surface area contributed by atoms with E-state index in [-0.39, 0.29) is 0 Å². The van der Waals surface area contributed by atoms with Crippen LogP contribution in [0.25, 0.3) is 66.8 Å². The molecule has 75 heavy (non-hydrogen) atoms. The molecule has 0 radical (unpaired) electrons. The Hall–Kier alpha value is -9.76. The van der Waals surface area contributed by atoms with Crippen molar-refractivity contribution in [2.24, 2.45) is 0 Å². The Morgan fingerprint density at radius 2 is 0.400 bits per heavy atom. The predicted molar refractivity (Wildman–Crippen MR) is 314 cm³/mol. The van der Waals surface area contributed by atoms with Crippen LogP contribution in [0.15, 0.2) is 303 Å². The molecule has 14 rings (SSSR count). The molecule has 0 bridgehead atoms. The second kappa shape index (κ2) is 18.4. The number of anilines is 6. The normalized spacial score (nSPS) is 12.4. The number of hydrogen-bond acceptors (Lipinski definition) is 2. The zero-order valence-electron chi connectivity index (χ0n) is 41.3. The third-order valence-electron chi connectivity index (χ3n) is 15.5. The monoisotopic (exact) mass is 954 g/mol. The van der Waals surface area contributed by atoms with E-state index in [1.807, 2.05) is 0 Å². The fraction of sp³-hybridized carbons (Fsp3) is 0.0137.